The average molecular weight is 1570 g/mol. The normalized spacial score (nSPS) is 13.7. The second-order valence-electron chi connectivity index (χ2n) is 26.6. The molecule has 602 valence electrons. The number of aromatic nitrogens is 3. The fraction of sp³-hybridized carbons (Fsp3) is 0.405. The fourth-order valence-corrected chi connectivity index (χ4v) is 12.1. The number of fused-ring (bicyclic) bond motifs is 1. The van der Waals surface area contributed by atoms with E-state index in [4.69, 9.17) is 28.0 Å². The molecule has 0 spiro atoms. The zero-order valence-electron chi connectivity index (χ0n) is 62.0. The maximum Gasteiger partial charge on any atom is 0.322 e. The van der Waals surface area contributed by atoms with Gasteiger partial charge in [-0.15, -0.1) is 0 Å². The number of phenols is 1. The number of aromatic hydroxyl groups is 1. The van der Waals surface area contributed by atoms with Gasteiger partial charge in [0.2, 0.25) is 65.0 Å². The smallest absolute Gasteiger partial charge is 0.322 e. The number of carbonyl (C=O) groups excluding carboxylic acids is 11. The summed E-state index contributed by atoms with van der Waals surface area (Å²) in [4.78, 5) is 192. The molecule has 38 heteroatoms. The first-order valence-corrected chi connectivity index (χ1v) is 37.4. The van der Waals surface area contributed by atoms with Crippen LogP contribution in [0.3, 0.4) is 0 Å². The number of nitrogens with two attached hydrogens (primary N) is 3. The molecule has 0 bridgehead atoms. The first-order chi connectivity index (χ1) is 53.5. The molecule has 2 aromatic heterocycles. The maximum atomic E-state index is 15.1. The number of hydrogen-bond donors (Lipinski definition) is 23. The summed E-state index contributed by atoms with van der Waals surface area (Å²) in [5.41, 5.74) is 20.3. The largest absolute Gasteiger partial charge is 0.508 e. The highest BCUT2D eigenvalue weighted by atomic mass is 32.2. The Hall–Kier alpha value is -12.6. The maximum absolute atomic E-state index is 15.1. The number of carboxylic acid groups (broad SMARTS) is 2. The van der Waals surface area contributed by atoms with Crippen molar-refractivity contribution in [2.75, 3.05) is 38.2 Å². The lowest BCUT2D eigenvalue weighted by molar-refractivity contribution is -0.141. The van der Waals surface area contributed by atoms with Crippen LogP contribution in [0.25, 0.3) is 10.9 Å². The van der Waals surface area contributed by atoms with Crippen LogP contribution in [0, 0.1) is 16.7 Å². The fourth-order valence-electron chi connectivity index (χ4n) is 11.6. The van der Waals surface area contributed by atoms with E-state index in [0.717, 1.165) is 0 Å². The van der Waals surface area contributed by atoms with Crippen LogP contribution in [0.15, 0.2) is 128 Å². The van der Waals surface area contributed by atoms with E-state index < -0.39 is 175 Å². The van der Waals surface area contributed by atoms with Crippen LogP contribution in [0.5, 0.6) is 5.75 Å². The molecule has 0 aliphatic heterocycles. The summed E-state index contributed by atoms with van der Waals surface area (Å²) < 4.78 is 0. The molecular weight excluding hydrogens is 1470 g/mol. The Balaban J connectivity index is 1.25. The summed E-state index contributed by atoms with van der Waals surface area (Å²) in [6.07, 6.45) is 3.70. The zero-order chi connectivity index (χ0) is 81.8. The van der Waals surface area contributed by atoms with Crippen LogP contribution in [0.1, 0.15) is 80.3 Å². The topological polar surface area (TPSA) is 609 Å². The van der Waals surface area contributed by atoms with Crippen LogP contribution < -0.4 is 86.3 Å². The number of rotatable bonds is 47. The number of aromatic amines is 2. The standard InChI is InChI=1S/C74H99N21O16S/c1-41(2)62(95-63(102)49(75)30-44-22-24-47(96)25-23-44)72(111)90-53(26-29-112-3)64(103)84-38-59(97)87-57(34-46-37-80-40-86-46)70(109)92-55(32-43-16-8-5-9-17-43)68(107)88-52(21-13-28-82-74(78)79)67(106)93-56(33-45-36-83-50-19-11-10-18-48(45)50)69(108)94-58(35-60(98)99)71(110)89-51(20-12-27-81-73(76)77)66(105)91-54(65(104)85-39-61(100)101)31-42-14-6-4-7-15-42/h4-11,14-19,22-25,36-37,40-41,49,51-58,62,83,96H,12-13,20-21,26-35,38-39,75H2,1-3H3,(H,80,86)(H,84,103)(H,85,104)(H,87,97)(H,88,107)(H,89,110)(H,90,111)(H,91,105)(H,92,109)(H,93,106)(H,94,108)(H,95,102)(H,98,99)(H,100,101)(H4,76,77,81)(H4,78,79,82)/t49-,51+,52+,53+,54+,55+,56+,57+,58+,62+/m1/s1. The van der Waals surface area contributed by atoms with Crippen LogP contribution >= 0.6 is 11.8 Å². The number of aliphatic carboxylic acids is 2. The minimum atomic E-state index is -2.00. The van der Waals surface area contributed by atoms with Gasteiger partial charge in [-0.1, -0.05) is 105 Å². The van der Waals surface area contributed by atoms with Gasteiger partial charge in [-0.3, -0.25) is 73.1 Å². The van der Waals surface area contributed by atoms with Crippen LogP contribution in [-0.2, 0) is 94.4 Å². The highest BCUT2D eigenvalue weighted by Crippen LogP contribution is 2.21. The number of guanidine groups is 2. The molecule has 0 saturated heterocycles. The van der Waals surface area contributed by atoms with Crippen molar-refractivity contribution in [2.24, 2.45) is 23.1 Å². The molecule has 0 aliphatic carbocycles. The minimum absolute atomic E-state index is 0.0122. The number of thioether (sulfide) groups is 1. The number of carbonyl (C=O) groups is 13. The molecule has 112 heavy (non-hydrogen) atoms. The van der Waals surface area contributed by atoms with Crippen molar-refractivity contribution in [3.63, 3.8) is 0 Å². The van der Waals surface area contributed by atoms with Gasteiger partial charge in [0.05, 0.1) is 31.0 Å². The van der Waals surface area contributed by atoms with Gasteiger partial charge in [-0.05, 0) is 96.9 Å². The molecular formula is C74H99N21O16S. The van der Waals surface area contributed by atoms with Crippen molar-refractivity contribution >= 4 is 112 Å². The molecule has 4 aromatic carbocycles. The summed E-state index contributed by atoms with van der Waals surface area (Å²) >= 11 is 1.37. The molecule has 11 amide bonds. The molecule has 10 atom stereocenters. The number of nitrogens with one attached hydrogen (secondary N) is 17. The number of hydrogen-bond acceptors (Lipinski definition) is 19. The van der Waals surface area contributed by atoms with E-state index in [0.29, 0.717) is 38.9 Å². The molecule has 6 rings (SSSR count). The van der Waals surface area contributed by atoms with Crippen molar-refractivity contribution in [1.82, 2.24) is 84.1 Å². The lowest BCUT2D eigenvalue weighted by Gasteiger charge is -2.28. The first-order valence-electron chi connectivity index (χ1n) is 36.0. The third kappa shape index (κ3) is 30.4. The minimum Gasteiger partial charge on any atom is -0.508 e. The Kier molecular flexibility index (Phi) is 35.8. The van der Waals surface area contributed by atoms with E-state index in [2.05, 4.69) is 84.1 Å². The summed E-state index contributed by atoms with van der Waals surface area (Å²) in [6, 6.07) is 14.8. The Labute approximate surface area is 649 Å². The van der Waals surface area contributed by atoms with Gasteiger partial charge in [-0.25, -0.2) is 4.98 Å². The first kappa shape index (κ1) is 88.3. The number of H-pyrrole nitrogens is 2. The molecule has 0 unspecified atom stereocenters. The van der Waals surface area contributed by atoms with Crippen LogP contribution in [0.4, 0.5) is 0 Å². The summed E-state index contributed by atoms with van der Waals surface area (Å²) in [7, 11) is 0. The monoisotopic (exact) mass is 1570 g/mol. The van der Waals surface area contributed by atoms with E-state index in [9.17, 15) is 63.3 Å². The SMILES string of the molecule is CSCC[C@H](NC(=O)[C@@H](NC(=O)[C@H](N)Cc1ccc(O)cc1)C(C)C)C(=O)NCC(=O)N[C@@H](Cc1c[nH]cn1)C(=O)N[C@@H](Cc1ccccc1)C(=O)N[C@@H](CCCNC(=N)N)C(=O)N[C@@H](Cc1c[nH]c2ccccc12)C(=O)N[C@@H](CC(=O)O)C(=O)N[C@@H](CCCNC(=N)N)C(=O)N[C@@H](Cc1ccccc1)C(=O)NCC(=O)O. The van der Waals surface area contributed by atoms with Crippen molar-refractivity contribution in [1.29, 1.82) is 10.8 Å². The average Bonchev–Trinajstić information content (AvgIpc) is 1.76. The van der Waals surface area contributed by atoms with Gasteiger partial charge in [0.25, 0.3) is 0 Å². The van der Waals surface area contributed by atoms with Gasteiger partial charge < -0.3 is 112 Å². The number of nitrogens with zero attached hydrogens (tertiary/aromatic N) is 1. The Bertz CT molecular complexity index is 4190. The molecule has 0 fully saturated rings. The number of benzene rings is 4. The van der Waals surface area contributed by atoms with Crippen molar-refractivity contribution in [3.8, 4) is 5.75 Å². The van der Waals surface area contributed by atoms with E-state index in [1.807, 2.05) is 0 Å². The second-order valence-corrected chi connectivity index (χ2v) is 27.6. The molecule has 6 aromatic rings. The second kappa shape index (κ2) is 45.4. The molecule has 26 N–H and O–H groups in total. The summed E-state index contributed by atoms with van der Waals surface area (Å²) in [5, 5.41) is 78.7. The molecule has 37 nitrogen and oxygen atoms in total. The lowest BCUT2D eigenvalue weighted by atomic mass is 10.0. The number of carboxylic acids is 2. The molecule has 0 saturated carbocycles. The van der Waals surface area contributed by atoms with Crippen LogP contribution in [0.2, 0.25) is 0 Å². The predicted molar refractivity (Wildman–Crippen MR) is 414 cm³/mol. The Morgan fingerprint density at radius 3 is 1.45 bits per heavy atom. The van der Waals surface area contributed by atoms with Gasteiger partial charge in [0, 0.05) is 62.1 Å². The van der Waals surface area contributed by atoms with E-state index in [-0.39, 0.29) is 88.7 Å². The predicted octanol–water partition coefficient (Wildman–Crippen LogP) is -2.47. The summed E-state index contributed by atoms with van der Waals surface area (Å²) in [5.74, 6) is -14.2. The van der Waals surface area contributed by atoms with Crippen molar-refractivity contribution in [2.45, 2.75) is 145 Å². The van der Waals surface area contributed by atoms with E-state index >= 15 is 14.4 Å². The number of amides is 11. The highest BCUT2D eigenvalue weighted by molar-refractivity contribution is 7.98. The molecule has 2 heterocycles. The molecule has 0 aliphatic rings. The van der Waals surface area contributed by atoms with Crippen molar-refractivity contribution < 1.29 is 77.6 Å². The number of para-hydroxylation sites is 1. The van der Waals surface area contributed by atoms with Gasteiger partial charge in [0.1, 0.15) is 66.7 Å². The van der Waals surface area contributed by atoms with Gasteiger partial charge in [-0.2, -0.15) is 11.8 Å². The van der Waals surface area contributed by atoms with E-state index in [1.165, 1.54) is 36.4 Å². The quantitative estimate of drug-likeness (QED) is 0.0107. The zero-order valence-corrected chi connectivity index (χ0v) is 62.8. The van der Waals surface area contributed by atoms with Gasteiger partial charge in [0.15, 0.2) is 11.9 Å². The highest BCUT2D eigenvalue weighted by Gasteiger charge is 2.37. The van der Waals surface area contributed by atoms with Crippen molar-refractivity contribution in [3.05, 3.63) is 156 Å². The van der Waals surface area contributed by atoms with Crippen LogP contribution in [-0.4, -0.2) is 218 Å². The Morgan fingerprint density at radius 1 is 0.473 bits per heavy atom. The third-order valence-corrected chi connectivity index (χ3v) is 18.1. The summed E-state index contributed by atoms with van der Waals surface area (Å²) in [6.45, 7) is 1.78. The number of phenolic OH excluding ortho intramolecular Hbond substituents is 1. The third-order valence-electron chi connectivity index (χ3n) is 17.5. The van der Waals surface area contributed by atoms with Gasteiger partial charge >= 0.3 is 11.9 Å². The lowest BCUT2D eigenvalue weighted by Crippen LogP contribution is -2.61. The Morgan fingerprint density at radius 2 is 0.929 bits per heavy atom. The van der Waals surface area contributed by atoms with E-state index in [1.54, 1.807) is 123 Å². The molecule has 0 radical (unpaired) electrons. The number of imidazole rings is 1.